The van der Waals surface area contributed by atoms with Gasteiger partial charge in [-0.3, -0.25) is 0 Å². The summed E-state index contributed by atoms with van der Waals surface area (Å²) in [5.74, 6) is -0.350. The highest BCUT2D eigenvalue weighted by molar-refractivity contribution is 5.87. The summed E-state index contributed by atoms with van der Waals surface area (Å²) in [6, 6.07) is 8.24. The predicted octanol–water partition coefficient (Wildman–Crippen LogP) is 4.25. The second kappa shape index (κ2) is 8.67. The summed E-state index contributed by atoms with van der Waals surface area (Å²) in [5.41, 5.74) is 3.82. The third-order valence-electron chi connectivity index (χ3n) is 3.56. The molecule has 0 atom stereocenters. The molecule has 2 rings (SSSR count). The zero-order valence-corrected chi connectivity index (χ0v) is 14.1. The maximum atomic E-state index is 11.9. The van der Waals surface area contributed by atoms with Gasteiger partial charge in [-0.15, -0.1) is 0 Å². The Balaban J connectivity index is 2.15. The van der Waals surface area contributed by atoms with Crippen molar-refractivity contribution in [2.24, 2.45) is 0 Å². The van der Waals surface area contributed by atoms with Gasteiger partial charge in [0, 0.05) is 6.54 Å². The summed E-state index contributed by atoms with van der Waals surface area (Å²) in [6.45, 7) is 8.41. The molecule has 0 aliphatic rings. The SMILES string of the molecule is C=C/C=C\C(=C/C)c1ccc(Cn2cncc2C(=O)OCC)cc1. The lowest BCUT2D eigenvalue weighted by molar-refractivity contribution is 0.0514. The third kappa shape index (κ3) is 4.32. The molecule has 124 valence electrons. The lowest BCUT2D eigenvalue weighted by atomic mass is 10.0. The summed E-state index contributed by atoms with van der Waals surface area (Å²) in [7, 11) is 0. The van der Waals surface area contributed by atoms with E-state index in [0.29, 0.717) is 18.8 Å². The Morgan fingerprint density at radius 2 is 2.08 bits per heavy atom. The summed E-state index contributed by atoms with van der Waals surface area (Å²) in [4.78, 5) is 15.9. The predicted molar refractivity (Wildman–Crippen MR) is 96.7 cm³/mol. The fraction of sp³-hybridized carbons (Fsp3) is 0.200. The van der Waals surface area contributed by atoms with E-state index in [1.165, 1.54) is 6.20 Å². The molecule has 4 nitrogen and oxygen atoms in total. The van der Waals surface area contributed by atoms with Crippen LogP contribution in [0.15, 0.2) is 67.7 Å². The van der Waals surface area contributed by atoms with Crippen molar-refractivity contribution in [1.29, 1.82) is 0 Å². The van der Waals surface area contributed by atoms with Crippen LogP contribution < -0.4 is 0 Å². The van der Waals surface area contributed by atoms with Crippen molar-refractivity contribution >= 4 is 11.5 Å². The van der Waals surface area contributed by atoms with Gasteiger partial charge in [0.05, 0.1) is 19.1 Å². The van der Waals surface area contributed by atoms with Crippen molar-refractivity contribution in [2.45, 2.75) is 20.4 Å². The van der Waals surface area contributed by atoms with E-state index < -0.39 is 0 Å². The van der Waals surface area contributed by atoms with Gasteiger partial charge in [-0.05, 0) is 30.5 Å². The number of rotatable bonds is 7. The van der Waals surface area contributed by atoms with Gasteiger partial charge in [0.25, 0.3) is 0 Å². The summed E-state index contributed by atoms with van der Waals surface area (Å²) >= 11 is 0. The molecule has 0 N–H and O–H groups in total. The zero-order chi connectivity index (χ0) is 17.4. The second-order valence-electron chi connectivity index (χ2n) is 5.16. The van der Waals surface area contributed by atoms with Crippen molar-refractivity contribution in [3.05, 3.63) is 84.5 Å². The normalized spacial score (nSPS) is 11.7. The number of allylic oxidation sites excluding steroid dienone is 5. The Hall–Kier alpha value is -2.88. The van der Waals surface area contributed by atoms with E-state index >= 15 is 0 Å². The number of hydrogen-bond donors (Lipinski definition) is 0. The van der Waals surface area contributed by atoms with Crippen molar-refractivity contribution < 1.29 is 9.53 Å². The Labute approximate surface area is 142 Å². The Kier molecular flexibility index (Phi) is 6.32. The van der Waals surface area contributed by atoms with Crippen molar-refractivity contribution in [3.8, 4) is 0 Å². The lowest BCUT2D eigenvalue weighted by Crippen LogP contribution is -2.12. The van der Waals surface area contributed by atoms with Crippen LogP contribution >= 0.6 is 0 Å². The number of imidazole rings is 1. The number of hydrogen-bond acceptors (Lipinski definition) is 3. The molecular weight excluding hydrogens is 300 g/mol. The highest BCUT2D eigenvalue weighted by Gasteiger charge is 2.12. The number of carbonyl (C=O) groups excluding carboxylic acids is 1. The van der Waals surface area contributed by atoms with Gasteiger partial charge in [0.15, 0.2) is 0 Å². The van der Waals surface area contributed by atoms with Crippen LogP contribution in [0, 0.1) is 0 Å². The molecule has 0 saturated carbocycles. The first-order valence-corrected chi connectivity index (χ1v) is 7.91. The van der Waals surface area contributed by atoms with Gasteiger partial charge in [-0.1, -0.05) is 55.1 Å². The van der Waals surface area contributed by atoms with Crippen LogP contribution in [0.1, 0.15) is 35.5 Å². The molecule has 0 bridgehead atoms. The molecule has 0 amide bonds. The van der Waals surface area contributed by atoms with E-state index in [4.69, 9.17) is 4.74 Å². The average molecular weight is 322 g/mol. The fourth-order valence-electron chi connectivity index (χ4n) is 2.35. The smallest absolute Gasteiger partial charge is 0.356 e. The van der Waals surface area contributed by atoms with Crippen molar-refractivity contribution in [1.82, 2.24) is 9.55 Å². The molecular formula is C20H22N2O2. The Morgan fingerprint density at radius 3 is 2.71 bits per heavy atom. The van der Waals surface area contributed by atoms with E-state index in [2.05, 4.69) is 41.9 Å². The van der Waals surface area contributed by atoms with Gasteiger partial charge < -0.3 is 9.30 Å². The minimum Gasteiger partial charge on any atom is -0.461 e. The molecule has 1 heterocycles. The quantitative estimate of drug-likeness (QED) is 0.565. The monoisotopic (exact) mass is 322 g/mol. The molecule has 0 fully saturated rings. The van der Waals surface area contributed by atoms with E-state index in [9.17, 15) is 4.79 Å². The van der Waals surface area contributed by atoms with Crippen LogP contribution in [0.5, 0.6) is 0 Å². The van der Waals surface area contributed by atoms with Gasteiger partial charge in [0.2, 0.25) is 0 Å². The molecule has 2 aromatic rings. The fourth-order valence-corrected chi connectivity index (χ4v) is 2.35. The molecule has 1 aromatic heterocycles. The number of nitrogens with zero attached hydrogens (tertiary/aromatic N) is 2. The molecule has 0 unspecified atom stereocenters. The van der Waals surface area contributed by atoms with Crippen LogP contribution in [0.25, 0.3) is 5.57 Å². The standard InChI is InChI=1S/C20H22N2O2/c1-4-7-8-17(5-2)18-11-9-16(10-12-18)14-22-15-21-13-19(22)20(23)24-6-3/h4-5,7-13,15H,1,6,14H2,2-3H3/b8-7-,17-5+. The first-order valence-electron chi connectivity index (χ1n) is 7.91. The van der Waals surface area contributed by atoms with Crippen LogP contribution in [0.3, 0.4) is 0 Å². The van der Waals surface area contributed by atoms with Gasteiger partial charge in [-0.25, -0.2) is 9.78 Å². The highest BCUT2D eigenvalue weighted by Crippen LogP contribution is 2.17. The van der Waals surface area contributed by atoms with Gasteiger partial charge in [0.1, 0.15) is 5.69 Å². The topological polar surface area (TPSA) is 44.1 Å². The van der Waals surface area contributed by atoms with Crippen molar-refractivity contribution in [3.63, 3.8) is 0 Å². The highest BCUT2D eigenvalue weighted by atomic mass is 16.5. The molecule has 1 aromatic carbocycles. The van der Waals surface area contributed by atoms with E-state index in [-0.39, 0.29) is 5.97 Å². The Morgan fingerprint density at radius 1 is 1.33 bits per heavy atom. The molecule has 0 aliphatic heterocycles. The van der Waals surface area contributed by atoms with Crippen LogP contribution in [0.2, 0.25) is 0 Å². The Bertz CT molecular complexity index is 752. The minimum atomic E-state index is -0.350. The molecule has 0 saturated heterocycles. The maximum absolute atomic E-state index is 11.9. The summed E-state index contributed by atoms with van der Waals surface area (Å²) < 4.78 is 6.84. The lowest BCUT2D eigenvalue weighted by Gasteiger charge is -2.09. The molecule has 0 spiro atoms. The first-order chi connectivity index (χ1) is 11.7. The van der Waals surface area contributed by atoms with Crippen LogP contribution in [-0.4, -0.2) is 22.1 Å². The van der Waals surface area contributed by atoms with Gasteiger partial charge >= 0.3 is 5.97 Å². The van der Waals surface area contributed by atoms with E-state index in [0.717, 1.165) is 16.7 Å². The molecule has 0 radical (unpaired) electrons. The third-order valence-corrected chi connectivity index (χ3v) is 3.56. The van der Waals surface area contributed by atoms with Crippen LogP contribution in [-0.2, 0) is 11.3 Å². The zero-order valence-electron chi connectivity index (χ0n) is 14.1. The average Bonchev–Trinajstić information content (AvgIpc) is 3.05. The molecule has 4 heteroatoms. The number of aromatic nitrogens is 2. The van der Waals surface area contributed by atoms with E-state index in [1.54, 1.807) is 23.9 Å². The largest absolute Gasteiger partial charge is 0.461 e. The minimum absolute atomic E-state index is 0.350. The number of esters is 1. The second-order valence-corrected chi connectivity index (χ2v) is 5.16. The summed E-state index contributed by atoms with van der Waals surface area (Å²) in [6.07, 6.45) is 10.9. The number of carbonyl (C=O) groups is 1. The molecule has 0 aliphatic carbocycles. The number of benzene rings is 1. The molecule has 24 heavy (non-hydrogen) atoms. The van der Waals surface area contributed by atoms with Crippen LogP contribution in [0.4, 0.5) is 0 Å². The van der Waals surface area contributed by atoms with Gasteiger partial charge in [-0.2, -0.15) is 0 Å². The maximum Gasteiger partial charge on any atom is 0.356 e. The van der Waals surface area contributed by atoms with Crippen molar-refractivity contribution in [2.75, 3.05) is 6.61 Å². The van der Waals surface area contributed by atoms with E-state index in [1.807, 2.05) is 19.1 Å². The first kappa shape index (κ1) is 17.5. The number of ether oxygens (including phenoxy) is 1. The summed E-state index contributed by atoms with van der Waals surface area (Å²) in [5, 5.41) is 0.